The van der Waals surface area contributed by atoms with Crippen molar-refractivity contribution in [2.75, 3.05) is 0 Å². The predicted octanol–water partition coefficient (Wildman–Crippen LogP) is 1.40. The number of rotatable bonds is 6. The maximum absolute atomic E-state index is 12.3. The van der Waals surface area contributed by atoms with Crippen molar-refractivity contribution in [3.8, 4) is 5.69 Å². The van der Waals surface area contributed by atoms with Gasteiger partial charge in [0.25, 0.3) is 21.6 Å². The fourth-order valence-electron chi connectivity index (χ4n) is 2.24. The molecule has 138 valence electrons. The van der Waals surface area contributed by atoms with Gasteiger partial charge in [0.2, 0.25) is 0 Å². The van der Waals surface area contributed by atoms with Crippen LogP contribution in [0.1, 0.15) is 10.5 Å². The van der Waals surface area contributed by atoms with Gasteiger partial charge in [-0.1, -0.05) is 18.2 Å². The van der Waals surface area contributed by atoms with Gasteiger partial charge in [0.1, 0.15) is 5.69 Å². The molecule has 0 unspecified atom stereocenters. The van der Waals surface area contributed by atoms with E-state index in [1.807, 2.05) is 10.9 Å². The lowest BCUT2D eigenvalue weighted by molar-refractivity contribution is -0.384. The Kier molecular flexibility index (Phi) is 4.96. The number of hydrazine groups is 1. The number of nitrogens with one attached hydrogen (secondary N) is 2. The normalized spacial score (nSPS) is 11.1. The molecular formula is C16H13N5O5S. The summed E-state index contributed by atoms with van der Waals surface area (Å²) in [6, 6.07) is 13.2. The number of para-hydroxylation sites is 1. The minimum atomic E-state index is -4.10. The van der Waals surface area contributed by atoms with Gasteiger partial charge in [-0.25, -0.2) is 13.4 Å². The maximum atomic E-state index is 12.3. The van der Waals surface area contributed by atoms with E-state index in [1.54, 1.807) is 24.3 Å². The summed E-state index contributed by atoms with van der Waals surface area (Å²) in [4.78, 5) is 28.0. The van der Waals surface area contributed by atoms with Crippen LogP contribution >= 0.6 is 0 Å². The van der Waals surface area contributed by atoms with Crippen molar-refractivity contribution in [1.29, 1.82) is 0 Å². The topological polar surface area (TPSA) is 136 Å². The first-order chi connectivity index (χ1) is 12.9. The molecule has 0 aliphatic heterocycles. The van der Waals surface area contributed by atoms with E-state index in [0.29, 0.717) is 5.69 Å². The molecule has 0 spiro atoms. The van der Waals surface area contributed by atoms with Gasteiger partial charge in [0, 0.05) is 17.8 Å². The standard InChI is InChI=1S/C16H13N5O5S/c22-16(15-10-17-11-20(15)12-4-2-1-3-5-12)18-19-27(25,26)14-8-6-13(7-9-14)21(23)24/h1-11,19H,(H,18,22). The zero-order valence-electron chi connectivity index (χ0n) is 13.6. The third-order valence-electron chi connectivity index (χ3n) is 3.56. The number of aromatic nitrogens is 2. The third-order valence-corrected chi connectivity index (χ3v) is 4.83. The van der Waals surface area contributed by atoms with Crippen molar-refractivity contribution in [1.82, 2.24) is 19.8 Å². The van der Waals surface area contributed by atoms with E-state index in [2.05, 4.69) is 10.4 Å². The highest BCUT2D eigenvalue weighted by Crippen LogP contribution is 2.15. The monoisotopic (exact) mass is 387 g/mol. The number of benzene rings is 2. The fourth-order valence-corrected chi connectivity index (χ4v) is 3.08. The van der Waals surface area contributed by atoms with E-state index < -0.39 is 20.9 Å². The fraction of sp³-hybridized carbons (Fsp3) is 0. The molecule has 3 aromatic rings. The van der Waals surface area contributed by atoms with Crippen LogP contribution in [0.4, 0.5) is 5.69 Å². The zero-order chi connectivity index (χ0) is 19.4. The molecule has 3 rings (SSSR count). The first-order valence-electron chi connectivity index (χ1n) is 7.53. The Bertz CT molecular complexity index is 1080. The third kappa shape index (κ3) is 3.99. The Morgan fingerprint density at radius 3 is 2.37 bits per heavy atom. The van der Waals surface area contributed by atoms with Crippen LogP contribution in [-0.4, -0.2) is 28.8 Å². The summed E-state index contributed by atoms with van der Waals surface area (Å²) < 4.78 is 25.9. The van der Waals surface area contributed by atoms with Gasteiger partial charge in [-0.2, -0.15) is 0 Å². The Hall–Kier alpha value is -3.57. The Morgan fingerprint density at radius 1 is 1.07 bits per heavy atom. The molecule has 10 nitrogen and oxygen atoms in total. The van der Waals surface area contributed by atoms with E-state index in [4.69, 9.17) is 0 Å². The number of imidazole rings is 1. The molecule has 1 amide bonds. The summed E-state index contributed by atoms with van der Waals surface area (Å²) >= 11 is 0. The van der Waals surface area contributed by atoms with Gasteiger partial charge in [0.05, 0.1) is 22.3 Å². The number of hydrogen-bond donors (Lipinski definition) is 2. The molecule has 1 heterocycles. The molecule has 0 aliphatic rings. The SMILES string of the molecule is O=C(NNS(=O)(=O)c1ccc([N+](=O)[O-])cc1)c1cncn1-c1ccccc1. The highest BCUT2D eigenvalue weighted by Gasteiger charge is 2.19. The number of carbonyl (C=O) groups excluding carboxylic acids is 1. The van der Waals surface area contributed by atoms with Crippen LogP contribution in [0.15, 0.2) is 72.0 Å². The van der Waals surface area contributed by atoms with Crippen molar-refractivity contribution in [3.63, 3.8) is 0 Å². The van der Waals surface area contributed by atoms with Crippen molar-refractivity contribution < 1.29 is 18.1 Å². The van der Waals surface area contributed by atoms with E-state index in [9.17, 15) is 23.3 Å². The van der Waals surface area contributed by atoms with Crippen LogP contribution in [0.3, 0.4) is 0 Å². The molecule has 11 heteroatoms. The molecule has 0 saturated carbocycles. The molecular weight excluding hydrogens is 374 g/mol. The smallest absolute Gasteiger partial charge is 0.284 e. The molecule has 0 fully saturated rings. The predicted molar refractivity (Wildman–Crippen MR) is 94.4 cm³/mol. The molecule has 0 aliphatic carbocycles. The Labute approximate surface area is 153 Å². The summed E-state index contributed by atoms with van der Waals surface area (Å²) in [5.74, 6) is -0.721. The minimum Gasteiger partial charge on any atom is -0.295 e. The Balaban J connectivity index is 1.74. The van der Waals surface area contributed by atoms with Gasteiger partial charge in [-0.05, 0) is 24.3 Å². The highest BCUT2D eigenvalue weighted by molar-refractivity contribution is 7.89. The van der Waals surface area contributed by atoms with Gasteiger partial charge in [0.15, 0.2) is 0 Å². The van der Waals surface area contributed by atoms with E-state index in [1.165, 1.54) is 17.1 Å². The number of nitro groups is 1. The molecule has 2 aromatic carbocycles. The molecule has 0 atom stereocenters. The van der Waals surface area contributed by atoms with Crippen LogP contribution in [0, 0.1) is 10.1 Å². The number of amides is 1. The van der Waals surface area contributed by atoms with Crippen LogP contribution in [0.5, 0.6) is 0 Å². The number of carbonyl (C=O) groups is 1. The van der Waals surface area contributed by atoms with Crippen molar-refractivity contribution in [2.24, 2.45) is 0 Å². The lowest BCUT2D eigenvalue weighted by Crippen LogP contribution is -2.42. The zero-order valence-corrected chi connectivity index (χ0v) is 14.5. The molecule has 2 N–H and O–H groups in total. The second-order valence-electron chi connectivity index (χ2n) is 5.30. The summed E-state index contributed by atoms with van der Waals surface area (Å²) in [6.45, 7) is 0. The number of nitrogens with zero attached hydrogens (tertiary/aromatic N) is 3. The molecule has 27 heavy (non-hydrogen) atoms. The average molecular weight is 387 g/mol. The molecule has 0 radical (unpaired) electrons. The number of sulfonamides is 1. The van der Waals surface area contributed by atoms with E-state index in [0.717, 1.165) is 24.3 Å². The number of non-ortho nitro benzene ring substituents is 1. The van der Waals surface area contributed by atoms with Gasteiger partial charge in [-0.15, -0.1) is 4.83 Å². The second kappa shape index (κ2) is 7.35. The van der Waals surface area contributed by atoms with Gasteiger partial charge < -0.3 is 0 Å². The van der Waals surface area contributed by atoms with Crippen LogP contribution in [-0.2, 0) is 10.0 Å². The maximum Gasteiger partial charge on any atom is 0.284 e. The quantitative estimate of drug-likeness (QED) is 0.485. The van der Waals surface area contributed by atoms with Crippen molar-refractivity contribution in [2.45, 2.75) is 4.90 Å². The lowest BCUT2D eigenvalue weighted by Gasteiger charge is -2.10. The van der Waals surface area contributed by atoms with Gasteiger partial charge >= 0.3 is 0 Å². The molecule has 0 bridgehead atoms. The van der Waals surface area contributed by atoms with Gasteiger partial charge in [-0.3, -0.25) is 24.9 Å². The highest BCUT2D eigenvalue weighted by atomic mass is 32.2. The summed E-state index contributed by atoms with van der Waals surface area (Å²) in [6.07, 6.45) is 2.72. The number of hydrogen-bond acceptors (Lipinski definition) is 6. The minimum absolute atomic E-state index is 0.118. The van der Waals surface area contributed by atoms with Crippen LogP contribution in [0.2, 0.25) is 0 Å². The first-order valence-corrected chi connectivity index (χ1v) is 9.01. The second-order valence-corrected chi connectivity index (χ2v) is 6.98. The molecule has 1 aromatic heterocycles. The lowest BCUT2D eigenvalue weighted by atomic mass is 10.3. The summed E-state index contributed by atoms with van der Waals surface area (Å²) in [5, 5.41) is 10.6. The van der Waals surface area contributed by atoms with E-state index >= 15 is 0 Å². The summed E-state index contributed by atoms with van der Waals surface area (Å²) in [5.41, 5.74) is 2.65. The van der Waals surface area contributed by atoms with Crippen LogP contribution in [0.25, 0.3) is 5.69 Å². The van der Waals surface area contributed by atoms with Crippen LogP contribution < -0.4 is 10.3 Å². The number of nitro benzene ring substituents is 1. The van der Waals surface area contributed by atoms with Crippen molar-refractivity contribution >= 4 is 21.6 Å². The van der Waals surface area contributed by atoms with Crippen molar-refractivity contribution in [3.05, 3.63) is 82.9 Å². The largest absolute Gasteiger partial charge is 0.295 e. The first kappa shape index (κ1) is 18.2. The average Bonchev–Trinajstić information content (AvgIpc) is 3.17. The molecule has 0 saturated heterocycles. The van der Waals surface area contributed by atoms with E-state index in [-0.39, 0.29) is 16.3 Å². The Morgan fingerprint density at radius 2 is 1.74 bits per heavy atom. The summed E-state index contributed by atoms with van der Waals surface area (Å²) in [7, 11) is -4.10.